The lowest BCUT2D eigenvalue weighted by atomic mass is 10.1. The largest absolute Gasteiger partial charge is 0.381 e. The Morgan fingerprint density at radius 3 is 3.20 bits per heavy atom. The van der Waals surface area contributed by atoms with Gasteiger partial charge >= 0.3 is 0 Å². The van der Waals surface area contributed by atoms with Crippen molar-refractivity contribution in [2.75, 3.05) is 31.7 Å². The van der Waals surface area contributed by atoms with E-state index in [4.69, 9.17) is 4.74 Å². The molecule has 1 saturated heterocycles. The van der Waals surface area contributed by atoms with Gasteiger partial charge in [-0.05, 0) is 29.0 Å². The second-order valence-corrected chi connectivity index (χ2v) is 4.97. The fraction of sp³-hybridized carbons (Fsp3) is 0.600. The zero-order valence-electron chi connectivity index (χ0n) is 8.69. The number of aromatic nitrogens is 2. The SMILES string of the molecule is CN(CC1CCOC1)c1ncncc1I. The maximum Gasteiger partial charge on any atom is 0.145 e. The van der Waals surface area contributed by atoms with Gasteiger partial charge in [0, 0.05) is 32.3 Å². The van der Waals surface area contributed by atoms with E-state index in [1.807, 2.05) is 6.20 Å². The number of rotatable bonds is 3. The van der Waals surface area contributed by atoms with Crippen LogP contribution in [-0.2, 0) is 4.74 Å². The van der Waals surface area contributed by atoms with Gasteiger partial charge in [-0.1, -0.05) is 0 Å². The lowest BCUT2D eigenvalue weighted by molar-refractivity contribution is 0.186. The van der Waals surface area contributed by atoms with Gasteiger partial charge in [-0.3, -0.25) is 0 Å². The van der Waals surface area contributed by atoms with Crippen LogP contribution < -0.4 is 4.90 Å². The summed E-state index contributed by atoms with van der Waals surface area (Å²) in [5.41, 5.74) is 0. The molecule has 1 aliphatic rings. The summed E-state index contributed by atoms with van der Waals surface area (Å²) in [7, 11) is 2.07. The minimum Gasteiger partial charge on any atom is -0.381 e. The maximum atomic E-state index is 5.36. The highest BCUT2D eigenvalue weighted by Crippen LogP contribution is 2.20. The number of ether oxygens (including phenoxy) is 1. The monoisotopic (exact) mass is 319 g/mol. The van der Waals surface area contributed by atoms with Gasteiger partial charge in [-0.15, -0.1) is 0 Å². The molecule has 1 aromatic rings. The molecule has 0 radical (unpaired) electrons. The predicted octanol–water partition coefficient (Wildman–Crippen LogP) is 1.55. The molecule has 0 amide bonds. The Morgan fingerprint density at radius 1 is 1.67 bits per heavy atom. The Labute approximate surface area is 103 Å². The molecule has 82 valence electrons. The molecule has 0 spiro atoms. The fourth-order valence-electron chi connectivity index (χ4n) is 1.79. The van der Waals surface area contributed by atoms with E-state index in [-0.39, 0.29) is 0 Å². The van der Waals surface area contributed by atoms with Crippen molar-refractivity contribution in [2.45, 2.75) is 6.42 Å². The van der Waals surface area contributed by atoms with E-state index >= 15 is 0 Å². The van der Waals surface area contributed by atoms with E-state index in [0.29, 0.717) is 5.92 Å². The first-order valence-electron chi connectivity index (χ1n) is 5.02. The minimum absolute atomic E-state index is 0.640. The highest BCUT2D eigenvalue weighted by molar-refractivity contribution is 14.1. The van der Waals surface area contributed by atoms with Crippen molar-refractivity contribution in [3.05, 3.63) is 16.1 Å². The Morgan fingerprint density at radius 2 is 2.53 bits per heavy atom. The molecule has 2 heterocycles. The van der Waals surface area contributed by atoms with E-state index in [1.54, 1.807) is 6.33 Å². The van der Waals surface area contributed by atoms with Crippen molar-refractivity contribution >= 4 is 28.4 Å². The molecule has 1 aliphatic heterocycles. The van der Waals surface area contributed by atoms with Crippen LogP contribution in [0.4, 0.5) is 5.82 Å². The van der Waals surface area contributed by atoms with Crippen LogP contribution in [-0.4, -0.2) is 36.8 Å². The molecular formula is C10H14IN3O. The van der Waals surface area contributed by atoms with Crippen LogP contribution in [0.3, 0.4) is 0 Å². The first-order chi connectivity index (χ1) is 7.27. The van der Waals surface area contributed by atoms with Gasteiger partial charge in [-0.25, -0.2) is 9.97 Å². The number of halogens is 1. The third kappa shape index (κ3) is 2.78. The molecule has 1 atom stereocenters. The van der Waals surface area contributed by atoms with Crippen LogP contribution in [0.1, 0.15) is 6.42 Å². The van der Waals surface area contributed by atoms with Crippen molar-refractivity contribution in [1.29, 1.82) is 0 Å². The summed E-state index contributed by atoms with van der Waals surface area (Å²) in [5.74, 6) is 1.65. The van der Waals surface area contributed by atoms with E-state index < -0.39 is 0 Å². The van der Waals surface area contributed by atoms with Crippen LogP contribution in [0.25, 0.3) is 0 Å². The Kier molecular flexibility index (Phi) is 3.74. The molecule has 4 nitrogen and oxygen atoms in total. The van der Waals surface area contributed by atoms with E-state index in [1.165, 1.54) is 0 Å². The van der Waals surface area contributed by atoms with Gasteiger partial charge in [0.2, 0.25) is 0 Å². The van der Waals surface area contributed by atoms with Gasteiger partial charge < -0.3 is 9.64 Å². The second-order valence-electron chi connectivity index (χ2n) is 3.80. The van der Waals surface area contributed by atoms with Crippen LogP contribution in [0.15, 0.2) is 12.5 Å². The smallest absolute Gasteiger partial charge is 0.145 e. The normalized spacial score (nSPS) is 20.5. The van der Waals surface area contributed by atoms with Crippen LogP contribution in [0.2, 0.25) is 0 Å². The Balaban J connectivity index is 2.00. The lowest BCUT2D eigenvalue weighted by Gasteiger charge is -2.21. The molecule has 1 unspecified atom stereocenters. The van der Waals surface area contributed by atoms with Gasteiger partial charge in [0.1, 0.15) is 12.1 Å². The molecule has 1 aromatic heterocycles. The van der Waals surface area contributed by atoms with Crippen molar-refractivity contribution in [3.8, 4) is 0 Å². The van der Waals surface area contributed by atoms with E-state index in [2.05, 4.69) is 44.5 Å². The van der Waals surface area contributed by atoms with Gasteiger partial charge in [-0.2, -0.15) is 0 Å². The van der Waals surface area contributed by atoms with E-state index in [9.17, 15) is 0 Å². The summed E-state index contributed by atoms with van der Waals surface area (Å²) in [5, 5.41) is 0. The predicted molar refractivity (Wildman–Crippen MR) is 66.9 cm³/mol. The molecule has 0 N–H and O–H groups in total. The van der Waals surface area contributed by atoms with Gasteiger partial charge in [0.05, 0.1) is 10.2 Å². The summed E-state index contributed by atoms with van der Waals surface area (Å²) in [4.78, 5) is 10.5. The standard InChI is InChI=1S/C10H14IN3O/c1-14(5-8-2-3-15-6-8)10-9(11)4-12-7-13-10/h4,7-8H,2-3,5-6H2,1H3. The van der Waals surface area contributed by atoms with E-state index in [0.717, 1.165) is 35.6 Å². The van der Waals surface area contributed by atoms with Crippen LogP contribution >= 0.6 is 22.6 Å². The lowest BCUT2D eigenvalue weighted by Crippen LogP contribution is -2.27. The first kappa shape index (κ1) is 11.1. The van der Waals surface area contributed by atoms with Crippen molar-refractivity contribution in [3.63, 3.8) is 0 Å². The molecule has 0 saturated carbocycles. The average molecular weight is 319 g/mol. The summed E-state index contributed by atoms with van der Waals surface area (Å²) in [6.07, 6.45) is 4.59. The molecule has 0 aliphatic carbocycles. The summed E-state index contributed by atoms with van der Waals surface area (Å²) >= 11 is 2.26. The molecule has 0 aromatic carbocycles. The maximum absolute atomic E-state index is 5.36. The highest BCUT2D eigenvalue weighted by Gasteiger charge is 2.18. The Bertz CT molecular complexity index is 328. The highest BCUT2D eigenvalue weighted by atomic mass is 127. The average Bonchev–Trinajstić information content (AvgIpc) is 2.71. The zero-order chi connectivity index (χ0) is 10.7. The summed E-state index contributed by atoms with van der Waals surface area (Å²) in [6.45, 7) is 2.79. The third-order valence-corrected chi connectivity index (χ3v) is 3.33. The number of hydrogen-bond acceptors (Lipinski definition) is 4. The van der Waals surface area contributed by atoms with Crippen LogP contribution in [0.5, 0.6) is 0 Å². The topological polar surface area (TPSA) is 38.2 Å². The Hall–Kier alpha value is -0.430. The number of anilines is 1. The molecule has 1 fully saturated rings. The second kappa shape index (κ2) is 5.07. The summed E-state index contributed by atoms with van der Waals surface area (Å²) < 4.78 is 6.46. The van der Waals surface area contributed by atoms with Crippen molar-refractivity contribution in [2.24, 2.45) is 5.92 Å². The first-order valence-corrected chi connectivity index (χ1v) is 6.09. The van der Waals surface area contributed by atoms with Crippen LogP contribution in [0, 0.1) is 9.49 Å². The zero-order valence-corrected chi connectivity index (χ0v) is 10.8. The summed E-state index contributed by atoms with van der Waals surface area (Å²) in [6, 6.07) is 0. The van der Waals surface area contributed by atoms with Crippen molar-refractivity contribution < 1.29 is 4.74 Å². The molecule has 15 heavy (non-hydrogen) atoms. The minimum atomic E-state index is 0.640. The molecule has 5 heteroatoms. The third-order valence-electron chi connectivity index (χ3n) is 2.57. The molecule has 0 bridgehead atoms. The number of nitrogens with zero attached hydrogens (tertiary/aromatic N) is 3. The molecule has 2 rings (SSSR count). The van der Waals surface area contributed by atoms with Gasteiger partial charge in [0.15, 0.2) is 0 Å². The quantitative estimate of drug-likeness (QED) is 0.793. The fourth-order valence-corrected chi connectivity index (χ4v) is 2.50. The number of hydrogen-bond donors (Lipinski definition) is 0. The van der Waals surface area contributed by atoms with Gasteiger partial charge in [0.25, 0.3) is 0 Å². The van der Waals surface area contributed by atoms with Crippen molar-refractivity contribution in [1.82, 2.24) is 9.97 Å². The molecular weight excluding hydrogens is 305 g/mol.